The number of fused-ring (bicyclic) bond motifs is 1. The topological polar surface area (TPSA) is 76.2 Å². The molecular weight excluding hydrogens is 380 g/mol. The highest BCUT2D eigenvalue weighted by Crippen LogP contribution is 2.31. The van der Waals surface area contributed by atoms with Crippen LogP contribution in [0.3, 0.4) is 0 Å². The van der Waals surface area contributed by atoms with Gasteiger partial charge in [-0.25, -0.2) is 4.39 Å². The minimum atomic E-state index is -0.490. The van der Waals surface area contributed by atoms with Gasteiger partial charge in [0, 0.05) is 18.0 Å². The Morgan fingerprint density at radius 2 is 2.29 bits per heavy atom. The predicted molar refractivity (Wildman–Crippen MR) is 107 cm³/mol. The van der Waals surface area contributed by atoms with E-state index in [-0.39, 0.29) is 24.7 Å². The molecule has 1 amide bonds. The van der Waals surface area contributed by atoms with Crippen LogP contribution < -0.4 is 5.32 Å². The fourth-order valence-electron chi connectivity index (χ4n) is 3.31. The van der Waals surface area contributed by atoms with Crippen LogP contribution in [0.1, 0.15) is 11.5 Å². The molecule has 1 aromatic carbocycles. The maximum atomic E-state index is 13.1. The van der Waals surface area contributed by atoms with Gasteiger partial charge in [-0.05, 0) is 39.6 Å². The highest BCUT2D eigenvalue weighted by molar-refractivity contribution is 7.38. The highest BCUT2D eigenvalue weighted by atomic mass is 31.1. The summed E-state index contributed by atoms with van der Waals surface area (Å²) in [5.41, 5.74) is 2.58. The van der Waals surface area contributed by atoms with Gasteiger partial charge in [-0.3, -0.25) is 4.79 Å². The molecular formula is C19H21FN5O2P. The summed E-state index contributed by atoms with van der Waals surface area (Å²) in [5.74, 6) is 0.632. The molecule has 2 atom stereocenters. The molecule has 1 N–H and O–H groups in total. The van der Waals surface area contributed by atoms with E-state index in [4.69, 9.17) is 4.52 Å². The first-order valence-electron chi connectivity index (χ1n) is 8.99. The van der Waals surface area contributed by atoms with E-state index in [0.717, 1.165) is 16.5 Å². The fourth-order valence-corrected chi connectivity index (χ4v) is 4.32. The molecule has 0 aliphatic carbocycles. The quantitative estimate of drug-likeness (QED) is 0.643. The third-order valence-corrected chi connectivity index (χ3v) is 6.00. The Morgan fingerprint density at radius 3 is 3.04 bits per heavy atom. The largest absolute Gasteiger partial charge is 0.361 e. The molecule has 0 saturated heterocycles. The van der Waals surface area contributed by atoms with Crippen LogP contribution in [0.5, 0.6) is 0 Å². The molecule has 3 heterocycles. The Bertz CT molecular complexity index is 1040. The molecule has 3 aromatic rings. The number of aromatic nitrogens is 3. The Morgan fingerprint density at radius 1 is 1.43 bits per heavy atom. The number of carbonyl (C=O) groups is 1. The molecule has 2 aromatic heterocycles. The number of nitrogens with zero attached hydrogens (tertiary/aromatic N) is 4. The Kier molecular flexibility index (Phi) is 5.13. The van der Waals surface area contributed by atoms with Crippen LogP contribution in [0.2, 0.25) is 0 Å². The molecule has 28 heavy (non-hydrogen) atoms. The van der Waals surface area contributed by atoms with Crippen molar-refractivity contribution in [1.82, 2.24) is 24.7 Å². The number of halogens is 1. The number of aryl methyl sites for hydroxylation is 2. The second-order valence-electron chi connectivity index (χ2n) is 6.67. The minimum absolute atomic E-state index is 0.0687. The van der Waals surface area contributed by atoms with Crippen LogP contribution in [-0.2, 0) is 17.9 Å². The molecule has 0 spiro atoms. The van der Waals surface area contributed by atoms with E-state index in [1.54, 1.807) is 0 Å². The summed E-state index contributed by atoms with van der Waals surface area (Å²) >= 11 is 0. The molecule has 2 unspecified atom stereocenters. The lowest BCUT2D eigenvalue weighted by Crippen LogP contribution is -2.30. The van der Waals surface area contributed by atoms with Crippen LogP contribution in [0.25, 0.3) is 22.4 Å². The normalized spacial score (nSPS) is 17.1. The molecule has 0 bridgehead atoms. The fraction of sp³-hybridized carbons (Fsp3) is 0.316. The molecule has 1 aliphatic heterocycles. The van der Waals surface area contributed by atoms with Crippen molar-refractivity contribution in [3.05, 3.63) is 48.0 Å². The van der Waals surface area contributed by atoms with Gasteiger partial charge in [0.2, 0.25) is 17.6 Å². The Labute approximate surface area is 163 Å². The SMILES string of the molecule is Cc1cccc2c1cc(-c1noc(CNC(=O)C3C=CN(C)P3)n1)n2CCF. The lowest BCUT2D eigenvalue weighted by molar-refractivity contribution is -0.120. The van der Waals surface area contributed by atoms with Gasteiger partial charge in [0.05, 0.1) is 24.4 Å². The number of alkyl halides is 1. The van der Waals surface area contributed by atoms with Crippen molar-refractivity contribution in [2.45, 2.75) is 25.7 Å². The molecule has 1 aliphatic rings. The van der Waals surface area contributed by atoms with Gasteiger partial charge in [0.15, 0.2) is 0 Å². The van der Waals surface area contributed by atoms with E-state index in [2.05, 4.69) is 15.5 Å². The minimum Gasteiger partial charge on any atom is -0.361 e. The molecule has 0 fully saturated rings. The van der Waals surface area contributed by atoms with E-state index in [1.807, 2.05) is 59.8 Å². The number of amides is 1. The van der Waals surface area contributed by atoms with E-state index >= 15 is 0 Å². The first kappa shape index (κ1) is 18.6. The average molecular weight is 401 g/mol. The van der Waals surface area contributed by atoms with Crippen molar-refractivity contribution in [2.75, 3.05) is 13.7 Å². The van der Waals surface area contributed by atoms with Crippen LogP contribution in [0, 0.1) is 6.92 Å². The lowest BCUT2D eigenvalue weighted by atomic mass is 10.1. The van der Waals surface area contributed by atoms with E-state index in [1.165, 1.54) is 0 Å². The Balaban J connectivity index is 1.54. The average Bonchev–Trinajstić information content (AvgIpc) is 3.40. The van der Waals surface area contributed by atoms with Gasteiger partial charge in [-0.15, -0.1) is 0 Å². The van der Waals surface area contributed by atoms with Crippen LogP contribution in [0.15, 0.2) is 41.1 Å². The highest BCUT2D eigenvalue weighted by Gasteiger charge is 2.22. The number of rotatable bonds is 6. The molecule has 9 heteroatoms. The molecule has 146 valence electrons. The summed E-state index contributed by atoms with van der Waals surface area (Å²) < 4.78 is 22.3. The number of carbonyl (C=O) groups excluding carboxylic acids is 1. The smallest absolute Gasteiger partial charge is 0.246 e. The van der Waals surface area contributed by atoms with Gasteiger partial charge in [0.1, 0.15) is 6.67 Å². The number of hydrogen-bond acceptors (Lipinski definition) is 5. The molecule has 7 nitrogen and oxygen atoms in total. The maximum Gasteiger partial charge on any atom is 0.246 e. The predicted octanol–water partition coefficient (Wildman–Crippen LogP) is 3.01. The second-order valence-corrected chi connectivity index (χ2v) is 8.25. The van der Waals surface area contributed by atoms with Crippen LogP contribution in [0.4, 0.5) is 4.39 Å². The van der Waals surface area contributed by atoms with Crippen molar-refractivity contribution < 1.29 is 13.7 Å². The summed E-state index contributed by atoms with van der Waals surface area (Å²) in [6.45, 7) is 1.90. The zero-order valence-corrected chi connectivity index (χ0v) is 16.6. The number of nitrogens with one attached hydrogen (secondary N) is 1. The van der Waals surface area contributed by atoms with Gasteiger partial charge < -0.3 is 19.1 Å². The zero-order valence-electron chi connectivity index (χ0n) is 15.6. The summed E-state index contributed by atoms with van der Waals surface area (Å²) in [4.78, 5) is 16.6. The third kappa shape index (κ3) is 3.52. The summed E-state index contributed by atoms with van der Waals surface area (Å²) in [6.07, 6.45) is 3.78. The molecule has 0 radical (unpaired) electrons. The van der Waals surface area contributed by atoms with Crippen molar-refractivity contribution in [3.8, 4) is 11.5 Å². The van der Waals surface area contributed by atoms with Crippen molar-refractivity contribution >= 4 is 25.5 Å². The van der Waals surface area contributed by atoms with Crippen LogP contribution in [-0.4, -0.2) is 44.7 Å². The first-order valence-corrected chi connectivity index (χ1v) is 10.0. The standard InChI is InChI=1S/C19H21FN5O2P/c1-12-4-3-5-14-13(12)10-15(25(14)9-7-20)18-22-17(27-23-18)11-21-19(26)16-6-8-24(2)28-16/h3-6,8,10,16,28H,7,9,11H2,1-2H3,(H,21,26). The van der Waals surface area contributed by atoms with Gasteiger partial charge in [0.25, 0.3) is 0 Å². The number of benzene rings is 1. The van der Waals surface area contributed by atoms with Crippen LogP contribution >= 0.6 is 8.73 Å². The molecule has 0 saturated carbocycles. The second kappa shape index (κ2) is 7.72. The monoisotopic (exact) mass is 401 g/mol. The maximum absolute atomic E-state index is 13.1. The Hall–Kier alpha value is -2.73. The van der Waals surface area contributed by atoms with Crippen molar-refractivity contribution in [1.29, 1.82) is 0 Å². The van der Waals surface area contributed by atoms with Crippen molar-refractivity contribution in [2.24, 2.45) is 0 Å². The lowest BCUT2D eigenvalue weighted by Gasteiger charge is -2.11. The van der Waals surface area contributed by atoms with E-state index in [9.17, 15) is 9.18 Å². The van der Waals surface area contributed by atoms with Crippen molar-refractivity contribution in [3.63, 3.8) is 0 Å². The third-order valence-electron chi connectivity index (χ3n) is 4.71. The van der Waals surface area contributed by atoms with E-state index in [0.29, 0.717) is 26.1 Å². The van der Waals surface area contributed by atoms with Gasteiger partial charge in [-0.2, -0.15) is 4.98 Å². The summed E-state index contributed by atoms with van der Waals surface area (Å²) in [5, 5.41) is 7.90. The summed E-state index contributed by atoms with van der Waals surface area (Å²) in [6, 6.07) is 7.87. The van der Waals surface area contributed by atoms with Gasteiger partial charge in [-0.1, -0.05) is 23.4 Å². The first-order chi connectivity index (χ1) is 13.6. The summed E-state index contributed by atoms with van der Waals surface area (Å²) in [7, 11) is 2.33. The van der Waals surface area contributed by atoms with Gasteiger partial charge >= 0.3 is 0 Å². The number of hydrogen-bond donors (Lipinski definition) is 1. The van der Waals surface area contributed by atoms with E-state index < -0.39 is 6.67 Å². The zero-order chi connectivity index (χ0) is 19.7. The molecule has 4 rings (SSSR count).